The topological polar surface area (TPSA) is 20.3 Å². The van der Waals surface area contributed by atoms with E-state index in [9.17, 15) is 4.79 Å². The maximum absolute atomic E-state index is 11.0. The van der Waals surface area contributed by atoms with Gasteiger partial charge in [-0.25, -0.2) is 0 Å². The average Bonchev–Trinajstić information content (AvgIpc) is 2.25. The number of thioether (sulfide) groups is 1. The van der Waals surface area contributed by atoms with Gasteiger partial charge in [0.1, 0.15) is 6.29 Å². The largest absolute Gasteiger partial charge is 0.303 e. The summed E-state index contributed by atoms with van der Waals surface area (Å²) in [6.45, 7) is 7.21. The Morgan fingerprint density at radius 3 is 2.53 bits per heavy atom. The SMILES string of the molecule is CCC(C)(C=O)CN(C)C(C)CCSC. The highest BCUT2D eigenvalue weighted by Gasteiger charge is 2.24. The highest BCUT2D eigenvalue weighted by atomic mass is 32.2. The van der Waals surface area contributed by atoms with Gasteiger partial charge >= 0.3 is 0 Å². The first-order valence-electron chi connectivity index (χ1n) is 5.64. The molecule has 0 heterocycles. The van der Waals surface area contributed by atoms with Crippen LogP contribution in [0.2, 0.25) is 0 Å². The molecule has 0 aliphatic carbocycles. The minimum atomic E-state index is -0.178. The van der Waals surface area contributed by atoms with Crippen molar-refractivity contribution in [2.75, 3.05) is 25.6 Å². The van der Waals surface area contributed by atoms with Gasteiger partial charge in [0.15, 0.2) is 0 Å². The van der Waals surface area contributed by atoms with Crippen LogP contribution in [-0.4, -0.2) is 42.8 Å². The lowest BCUT2D eigenvalue weighted by Crippen LogP contribution is -2.39. The van der Waals surface area contributed by atoms with E-state index < -0.39 is 0 Å². The Morgan fingerprint density at radius 2 is 2.13 bits per heavy atom. The molecule has 2 nitrogen and oxygen atoms in total. The third-order valence-electron chi connectivity index (χ3n) is 3.19. The molecule has 0 radical (unpaired) electrons. The lowest BCUT2D eigenvalue weighted by molar-refractivity contribution is -0.116. The maximum atomic E-state index is 11.0. The summed E-state index contributed by atoms with van der Waals surface area (Å²) in [6.07, 6.45) is 5.34. The molecule has 2 unspecified atom stereocenters. The van der Waals surface area contributed by atoms with E-state index in [1.807, 2.05) is 18.7 Å². The summed E-state index contributed by atoms with van der Waals surface area (Å²) in [4.78, 5) is 13.3. The molecule has 3 heteroatoms. The third kappa shape index (κ3) is 5.57. The summed E-state index contributed by atoms with van der Waals surface area (Å²) in [5, 5.41) is 0. The molecule has 90 valence electrons. The summed E-state index contributed by atoms with van der Waals surface area (Å²) in [5.41, 5.74) is -0.178. The third-order valence-corrected chi connectivity index (χ3v) is 3.84. The molecule has 15 heavy (non-hydrogen) atoms. The van der Waals surface area contributed by atoms with Crippen LogP contribution in [0.25, 0.3) is 0 Å². The Labute approximate surface area is 98.8 Å². The first-order valence-corrected chi connectivity index (χ1v) is 7.04. The van der Waals surface area contributed by atoms with Gasteiger partial charge in [-0.2, -0.15) is 11.8 Å². The summed E-state index contributed by atoms with van der Waals surface area (Å²) >= 11 is 1.88. The van der Waals surface area contributed by atoms with Crippen molar-refractivity contribution in [2.45, 2.75) is 39.7 Å². The second-order valence-electron chi connectivity index (χ2n) is 4.67. The molecule has 0 aromatic rings. The summed E-state index contributed by atoms with van der Waals surface area (Å²) in [7, 11) is 2.11. The Bertz CT molecular complexity index is 186. The monoisotopic (exact) mass is 231 g/mol. The van der Waals surface area contributed by atoms with Crippen LogP contribution >= 0.6 is 11.8 Å². The van der Waals surface area contributed by atoms with E-state index in [2.05, 4.69) is 32.1 Å². The smallest absolute Gasteiger partial charge is 0.127 e. The van der Waals surface area contributed by atoms with Crippen LogP contribution in [0.5, 0.6) is 0 Å². The Balaban J connectivity index is 4.09. The Kier molecular flexibility index (Phi) is 7.28. The first-order chi connectivity index (χ1) is 6.99. The van der Waals surface area contributed by atoms with Gasteiger partial charge in [-0.1, -0.05) is 13.8 Å². The molecule has 0 rings (SSSR count). The van der Waals surface area contributed by atoms with Gasteiger partial charge in [0.2, 0.25) is 0 Å². The van der Waals surface area contributed by atoms with Crippen LogP contribution in [0.4, 0.5) is 0 Å². The van der Waals surface area contributed by atoms with Gasteiger partial charge in [-0.15, -0.1) is 0 Å². The number of hydrogen-bond donors (Lipinski definition) is 0. The number of hydrogen-bond acceptors (Lipinski definition) is 3. The molecular weight excluding hydrogens is 206 g/mol. The van der Waals surface area contributed by atoms with Gasteiger partial charge in [-0.3, -0.25) is 0 Å². The van der Waals surface area contributed by atoms with E-state index in [-0.39, 0.29) is 5.41 Å². The van der Waals surface area contributed by atoms with Gasteiger partial charge in [0.25, 0.3) is 0 Å². The number of rotatable bonds is 8. The Hall–Kier alpha value is -0.0200. The van der Waals surface area contributed by atoms with Crippen molar-refractivity contribution in [2.24, 2.45) is 5.41 Å². The molecule has 0 saturated heterocycles. The van der Waals surface area contributed by atoms with Crippen LogP contribution in [0.3, 0.4) is 0 Å². The summed E-state index contributed by atoms with van der Waals surface area (Å²) in [6, 6.07) is 0.559. The van der Waals surface area contributed by atoms with Gasteiger partial charge < -0.3 is 9.69 Å². The molecular formula is C12H25NOS. The van der Waals surface area contributed by atoms with Crippen molar-refractivity contribution in [1.82, 2.24) is 4.90 Å². The van der Waals surface area contributed by atoms with Crippen LogP contribution < -0.4 is 0 Å². The molecule has 0 aromatic carbocycles. The molecule has 0 amide bonds. The molecule has 0 N–H and O–H groups in total. The van der Waals surface area contributed by atoms with Crippen molar-refractivity contribution in [3.8, 4) is 0 Å². The van der Waals surface area contributed by atoms with Crippen LogP contribution in [-0.2, 0) is 4.79 Å². The fraction of sp³-hybridized carbons (Fsp3) is 0.917. The van der Waals surface area contributed by atoms with Crippen molar-refractivity contribution in [1.29, 1.82) is 0 Å². The quantitative estimate of drug-likeness (QED) is 0.599. The van der Waals surface area contributed by atoms with Crippen molar-refractivity contribution in [3.05, 3.63) is 0 Å². The van der Waals surface area contributed by atoms with Gasteiger partial charge in [0.05, 0.1) is 0 Å². The number of carbonyl (C=O) groups excluding carboxylic acids is 1. The molecule has 0 aliphatic heterocycles. The fourth-order valence-corrected chi connectivity index (χ4v) is 2.04. The predicted molar refractivity (Wildman–Crippen MR) is 69.6 cm³/mol. The van der Waals surface area contributed by atoms with Crippen molar-refractivity contribution < 1.29 is 4.79 Å². The number of nitrogens with zero attached hydrogens (tertiary/aromatic N) is 1. The average molecular weight is 231 g/mol. The zero-order valence-corrected chi connectivity index (χ0v) is 11.6. The van der Waals surface area contributed by atoms with E-state index in [1.54, 1.807) is 0 Å². The highest BCUT2D eigenvalue weighted by molar-refractivity contribution is 7.98. The molecule has 2 atom stereocenters. The molecule has 0 bridgehead atoms. The van der Waals surface area contributed by atoms with E-state index in [1.165, 1.54) is 12.2 Å². The van der Waals surface area contributed by atoms with Gasteiger partial charge in [0, 0.05) is 18.0 Å². The second kappa shape index (κ2) is 7.29. The van der Waals surface area contributed by atoms with E-state index in [0.717, 1.165) is 19.3 Å². The van der Waals surface area contributed by atoms with Crippen molar-refractivity contribution in [3.63, 3.8) is 0 Å². The van der Waals surface area contributed by atoms with E-state index in [4.69, 9.17) is 0 Å². The van der Waals surface area contributed by atoms with Gasteiger partial charge in [-0.05, 0) is 38.8 Å². The van der Waals surface area contributed by atoms with Crippen molar-refractivity contribution >= 4 is 18.0 Å². The second-order valence-corrected chi connectivity index (χ2v) is 5.66. The normalized spacial score (nSPS) is 17.5. The zero-order valence-electron chi connectivity index (χ0n) is 10.7. The molecule has 0 aromatic heterocycles. The van der Waals surface area contributed by atoms with E-state index >= 15 is 0 Å². The molecule has 0 spiro atoms. The summed E-state index contributed by atoms with van der Waals surface area (Å²) in [5.74, 6) is 1.19. The molecule has 0 saturated carbocycles. The van der Waals surface area contributed by atoms with Crippen LogP contribution in [0, 0.1) is 5.41 Å². The molecule has 0 fully saturated rings. The lowest BCUT2D eigenvalue weighted by atomic mass is 9.88. The summed E-state index contributed by atoms with van der Waals surface area (Å²) < 4.78 is 0. The first kappa shape index (κ1) is 15.0. The minimum Gasteiger partial charge on any atom is -0.303 e. The zero-order chi connectivity index (χ0) is 11.9. The number of aldehydes is 1. The van der Waals surface area contributed by atoms with Crippen LogP contribution in [0.1, 0.15) is 33.6 Å². The standard InChI is InChI=1S/C12H25NOS/c1-6-12(3,10-14)9-13(4)11(2)7-8-15-5/h10-11H,6-9H2,1-5H3. The Morgan fingerprint density at radius 1 is 1.53 bits per heavy atom. The lowest BCUT2D eigenvalue weighted by Gasteiger charge is -2.32. The van der Waals surface area contributed by atoms with E-state index in [0.29, 0.717) is 6.04 Å². The number of carbonyl (C=O) groups is 1. The maximum Gasteiger partial charge on any atom is 0.127 e. The minimum absolute atomic E-state index is 0.178. The molecule has 0 aliphatic rings. The fourth-order valence-electron chi connectivity index (χ4n) is 1.47. The predicted octanol–water partition coefficient (Wildman–Crippen LogP) is 2.68. The highest BCUT2D eigenvalue weighted by Crippen LogP contribution is 2.20. The van der Waals surface area contributed by atoms with Crippen LogP contribution in [0.15, 0.2) is 0 Å².